The van der Waals surface area contributed by atoms with Crippen LogP contribution in [0.15, 0.2) is 17.2 Å². The number of likely N-dealkylation sites (tertiary alicyclic amines) is 1. The fourth-order valence-electron chi connectivity index (χ4n) is 2.32. The molecule has 6 nitrogen and oxygen atoms in total. The van der Waals surface area contributed by atoms with Crippen molar-refractivity contribution in [3.05, 3.63) is 28.4 Å². The van der Waals surface area contributed by atoms with Gasteiger partial charge in [0, 0.05) is 25.3 Å². The lowest BCUT2D eigenvalue weighted by Crippen LogP contribution is -2.48. The van der Waals surface area contributed by atoms with Crippen LogP contribution in [0.2, 0.25) is 0 Å². The summed E-state index contributed by atoms with van der Waals surface area (Å²) in [5.74, 6) is -0.105. The highest BCUT2D eigenvalue weighted by molar-refractivity contribution is 5.92. The minimum Gasteiger partial charge on any atom is -0.333 e. The molecule has 1 saturated heterocycles. The predicted molar refractivity (Wildman–Crippen MR) is 67.5 cm³/mol. The lowest BCUT2D eigenvalue weighted by atomic mass is 10.0. The van der Waals surface area contributed by atoms with Gasteiger partial charge in [0.15, 0.2) is 0 Å². The molecule has 1 atom stereocenters. The molecule has 6 heteroatoms. The summed E-state index contributed by atoms with van der Waals surface area (Å²) in [4.78, 5) is 31.5. The summed E-state index contributed by atoms with van der Waals surface area (Å²) in [6.07, 6.45) is 5.71. The van der Waals surface area contributed by atoms with Crippen LogP contribution in [0.5, 0.6) is 0 Å². The standard InChI is InChI=1S/C12H18N4O2/c1-13-6-9-4-2-3-5-16(9)12(18)10-7-15-11(17)8-14-10/h7-9,13H,2-6H2,1H3,(H,15,17). The van der Waals surface area contributed by atoms with Crippen molar-refractivity contribution in [1.29, 1.82) is 0 Å². The zero-order chi connectivity index (χ0) is 13.0. The average Bonchev–Trinajstić information content (AvgIpc) is 2.40. The Morgan fingerprint density at radius 2 is 2.44 bits per heavy atom. The van der Waals surface area contributed by atoms with Crippen LogP contribution in [-0.4, -0.2) is 47.0 Å². The smallest absolute Gasteiger partial charge is 0.274 e. The molecule has 0 saturated carbocycles. The van der Waals surface area contributed by atoms with Crippen molar-refractivity contribution in [2.75, 3.05) is 20.1 Å². The molecule has 2 N–H and O–H groups in total. The number of hydrogen-bond donors (Lipinski definition) is 2. The number of piperidine rings is 1. The maximum atomic E-state index is 12.3. The van der Waals surface area contributed by atoms with Crippen LogP contribution >= 0.6 is 0 Å². The van der Waals surface area contributed by atoms with E-state index < -0.39 is 0 Å². The molecule has 1 aromatic rings. The molecule has 2 rings (SSSR count). The number of hydrogen-bond acceptors (Lipinski definition) is 4. The second-order valence-electron chi connectivity index (χ2n) is 4.50. The van der Waals surface area contributed by atoms with Crippen molar-refractivity contribution < 1.29 is 4.79 Å². The number of H-pyrrole nitrogens is 1. The van der Waals surface area contributed by atoms with Gasteiger partial charge in [0.05, 0.1) is 6.20 Å². The van der Waals surface area contributed by atoms with Gasteiger partial charge in [-0.15, -0.1) is 0 Å². The van der Waals surface area contributed by atoms with E-state index in [1.807, 2.05) is 11.9 Å². The summed E-state index contributed by atoms with van der Waals surface area (Å²) in [6, 6.07) is 0.213. The fourth-order valence-corrected chi connectivity index (χ4v) is 2.32. The highest BCUT2D eigenvalue weighted by Crippen LogP contribution is 2.18. The molecule has 1 unspecified atom stereocenters. The monoisotopic (exact) mass is 250 g/mol. The lowest BCUT2D eigenvalue weighted by Gasteiger charge is -2.35. The highest BCUT2D eigenvalue weighted by Gasteiger charge is 2.27. The molecule has 1 aromatic heterocycles. The van der Waals surface area contributed by atoms with Crippen LogP contribution in [0.4, 0.5) is 0 Å². The molecule has 18 heavy (non-hydrogen) atoms. The zero-order valence-corrected chi connectivity index (χ0v) is 10.5. The first-order chi connectivity index (χ1) is 8.72. The van der Waals surface area contributed by atoms with E-state index in [0.29, 0.717) is 5.69 Å². The van der Waals surface area contributed by atoms with Crippen LogP contribution in [0.25, 0.3) is 0 Å². The molecule has 0 spiro atoms. The van der Waals surface area contributed by atoms with Gasteiger partial charge in [-0.25, -0.2) is 4.98 Å². The second kappa shape index (κ2) is 5.77. The summed E-state index contributed by atoms with van der Waals surface area (Å²) in [5, 5.41) is 3.11. The highest BCUT2D eigenvalue weighted by atomic mass is 16.2. The molecule has 0 aliphatic carbocycles. The van der Waals surface area contributed by atoms with Crippen LogP contribution < -0.4 is 10.9 Å². The van der Waals surface area contributed by atoms with Gasteiger partial charge in [-0.05, 0) is 26.3 Å². The summed E-state index contributed by atoms with van der Waals surface area (Å²) >= 11 is 0. The zero-order valence-electron chi connectivity index (χ0n) is 10.5. The maximum Gasteiger partial charge on any atom is 0.274 e. The van der Waals surface area contributed by atoms with Crippen LogP contribution in [0.3, 0.4) is 0 Å². The van der Waals surface area contributed by atoms with Gasteiger partial charge in [0.25, 0.3) is 11.5 Å². The molecule has 0 radical (unpaired) electrons. The fraction of sp³-hybridized carbons (Fsp3) is 0.583. The van der Waals surface area contributed by atoms with Crippen LogP contribution in [0, 0.1) is 0 Å². The van der Waals surface area contributed by atoms with Crippen molar-refractivity contribution in [2.45, 2.75) is 25.3 Å². The van der Waals surface area contributed by atoms with E-state index in [2.05, 4.69) is 15.3 Å². The van der Waals surface area contributed by atoms with E-state index in [4.69, 9.17) is 0 Å². The Balaban J connectivity index is 2.15. The normalized spacial score (nSPS) is 19.8. The Bertz CT molecular complexity index is 449. The average molecular weight is 250 g/mol. The van der Waals surface area contributed by atoms with Crippen molar-refractivity contribution in [3.63, 3.8) is 0 Å². The minimum absolute atomic E-state index is 0.105. The Hall–Kier alpha value is -1.69. The minimum atomic E-state index is -0.294. The summed E-state index contributed by atoms with van der Waals surface area (Å²) < 4.78 is 0. The van der Waals surface area contributed by atoms with Gasteiger partial charge in [0.2, 0.25) is 0 Å². The SMILES string of the molecule is CNCC1CCCCN1C(=O)c1c[nH]c(=O)cn1. The molecule has 0 bridgehead atoms. The Labute approximate surface area is 105 Å². The Kier molecular flexibility index (Phi) is 4.09. The Morgan fingerprint density at radius 1 is 1.61 bits per heavy atom. The van der Waals surface area contributed by atoms with E-state index >= 15 is 0 Å². The number of aromatic amines is 1. The maximum absolute atomic E-state index is 12.3. The third kappa shape index (κ3) is 2.76. The number of carbonyl (C=O) groups is 1. The number of rotatable bonds is 3. The van der Waals surface area contributed by atoms with Crippen LogP contribution in [0.1, 0.15) is 29.8 Å². The largest absolute Gasteiger partial charge is 0.333 e. The van der Waals surface area contributed by atoms with Gasteiger partial charge in [-0.2, -0.15) is 0 Å². The first kappa shape index (κ1) is 12.8. The molecule has 98 valence electrons. The van der Waals surface area contributed by atoms with Crippen LogP contribution in [-0.2, 0) is 0 Å². The van der Waals surface area contributed by atoms with Crippen molar-refractivity contribution in [1.82, 2.24) is 20.2 Å². The second-order valence-corrected chi connectivity index (χ2v) is 4.50. The summed E-state index contributed by atoms with van der Waals surface area (Å²) in [5.41, 5.74) is 0.00886. The molecule has 1 fully saturated rings. The van der Waals surface area contributed by atoms with Crippen molar-refractivity contribution in [3.8, 4) is 0 Å². The lowest BCUT2D eigenvalue weighted by molar-refractivity contribution is 0.0608. The quantitative estimate of drug-likeness (QED) is 0.790. The van der Waals surface area contributed by atoms with Gasteiger partial charge in [-0.3, -0.25) is 9.59 Å². The molecule has 1 aliphatic heterocycles. The third-order valence-corrected chi connectivity index (χ3v) is 3.22. The topological polar surface area (TPSA) is 78.1 Å². The van der Waals surface area contributed by atoms with E-state index in [1.54, 1.807) is 0 Å². The Morgan fingerprint density at radius 3 is 3.11 bits per heavy atom. The third-order valence-electron chi connectivity index (χ3n) is 3.22. The van der Waals surface area contributed by atoms with Crippen molar-refractivity contribution >= 4 is 5.91 Å². The van der Waals surface area contributed by atoms with Gasteiger partial charge in [-0.1, -0.05) is 0 Å². The van der Waals surface area contributed by atoms with Gasteiger partial charge in [0.1, 0.15) is 5.69 Å². The van der Waals surface area contributed by atoms with E-state index in [9.17, 15) is 9.59 Å². The molecule has 2 heterocycles. The summed E-state index contributed by atoms with van der Waals surface area (Å²) in [7, 11) is 1.88. The molecular weight excluding hydrogens is 232 g/mol. The first-order valence-electron chi connectivity index (χ1n) is 6.22. The molecule has 0 aromatic carbocycles. The van der Waals surface area contributed by atoms with Gasteiger partial charge < -0.3 is 15.2 Å². The molecule has 1 amide bonds. The van der Waals surface area contributed by atoms with Gasteiger partial charge >= 0.3 is 0 Å². The number of nitrogens with zero attached hydrogens (tertiary/aromatic N) is 2. The van der Waals surface area contributed by atoms with Crippen molar-refractivity contribution in [2.24, 2.45) is 0 Å². The number of amides is 1. The molecule has 1 aliphatic rings. The molecular formula is C12H18N4O2. The number of likely N-dealkylation sites (N-methyl/N-ethyl adjacent to an activating group) is 1. The number of aromatic nitrogens is 2. The number of carbonyl (C=O) groups excluding carboxylic acids is 1. The first-order valence-corrected chi connectivity index (χ1v) is 6.22. The summed E-state index contributed by atoms with van der Waals surface area (Å²) in [6.45, 7) is 1.54. The van der Waals surface area contributed by atoms with E-state index in [0.717, 1.165) is 38.5 Å². The predicted octanol–water partition coefficient (Wildman–Crippen LogP) is -0.0160. The van der Waals surface area contributed by atoms with E-state index in [1.165, 1.54) is 6.20 Å². The number of nitrogens with one attached hydrogen (secondary N) is 2. The van der Waals surface area contributed by atoms with E-state index in [-0.39, 0.29) is 17.5 Å².